The van der Waals surface area contributed by atoms with Gasteiger partial charge in [-0.1, -0.05) is 0 Å². The first kappa shape index (κ1) is 8.80. The van der Waals surface area contributed by atoms with Gasteiger partial charge in [-0.05, 0) is 13.5 Å². The zero-order valence-corrected chi connectivity index (χ0v) is 6.95. The number of hydrogen-bond acceptors (Lipinski definition) is 4. The summed E-state index contributed by atoms with van der Waals surface area (Å²) in [4.78, 5) is 19.2. The molecule has 0 atom stereocenters. The topological polar surface area (TPSA) is 68.9 Å². The normalized spacial score (nSPS) is 9.83. The lowest BCUT2D eigenvalue weighted by molar-refractivity contribution is 0.0979. The van der Waals surface area contributed by atoms with Crippen molar-refractivity contribution in [2.24, 2.45) is 5.73 Å². The smallest absolute Gasteiger partial charge is 0.184 e. The zero-order valence-electron chi connectivity index (χ0n) is 6.95. The standard InChI is InChI=1S/C8H11N3O/c1-6-8(7(12)2-3-9)11-5-4-10-6/h4-5H,2-3,9H2,1H3. The highest BCUT2D eigenvalue weighted by atomic mass is 16.1. The van der Waals surface area contributed by atoms with Gasteiger partial charge in [0.1, 0.15) is 5.69 Å². The van der Waals surface area contributed by atoms with Crippen LogP contribution in [0.2, 0.25) is 0 Å². The van der Waals surface area contributed by atoms with Crippen molar-refractivity contribution >= 4 is 5.78 Å². The second kappa shape index (κ2) is 3.92. The Morgan fingerprint density at radius 3 is 2.75 bits per heavy atom. The van der Waals surface area contributed by atoms with Crippen LogP contribution >= 0.6 is 0 Å². The number of carbonyl (C=O) groups excluding carboxylic acids is 1. The fourth-order valence-electron chi connectivity index (χ4n) is 0.931. The van der Waals surface area contributed by atoms with E-state index in [0.29, 0.717) is 24.4 Å². The van der Waals surface area contributed by atoms with Gasteiger partial charge in [0.25, 0.3) is 0 Å². The Morgan fingerprint density at radius 2 is 2.17 bits per heavy atom. The van der Waals surface area contributed by atoms with Gasteiger partial charge in [0.05, 0.1) is 5.69 Å². The maximum Gasteiger partial charge on any atom is 0.184 e. The minimum Gasteiger partial charge on any atom is -0.330 e. The van der Waals surface area contributed by atoms with Crippen LogP contribution in [0.15, 0.2) is 12.4 Å². The maximum absolute atomic E-state index is 11.3. The summed E-state index contributed by atoms with van der Waals surface area (Å²) in [5.41, 5.74) is 6.34. The van der Waals surface area contributed by atoms with Gasteiger partial charge in [-0.25, -0.2) is 4.98 Å². The van der Waals surface area contributed by atoms with Crippen molar-refractivity contribution in [3.05, 3.63) is 23.8 Å². The largest absolute Gasteiger partial charge is 0.330 e. The van der Waals surface area contributed by atoms with Crippen molar-refractivity contribution in [1.82, 2.24) is 9.97 Å². The molecule has 1 rings (SSSR count). The Kier molecular flexibility index (Phi) is 2.88. The molecule has 1 aromatic heterocycles. The fourth-order valence-corrected chi connectivity index (χ4v) is 0.931. The van der Waals surface area contributed by atoms with Gasteiger partial charge >= 0.3 is 0 Å². The summed E-state index contributed by atoms with van der Waals surface area (Å²) < 4.78 is 0. The first-order valence-corrected chi connectivity index (χ1v) is 3.76. The summed E-state index contributed by atoms with van der Waals surface area (Å²) in [5, 5.41) is 0. The highest BCUT2D eigenvalue weighted by Gasteiger charge is 2.08. The average molecular weight is 165 g/mol. The first-order chi connectivity index (χ1) is 5.75. The lowest BCUT2D eigenvalue weighted by atomic mass is 10.2. The van der Waals surface area contributed by atoms with Gasteiger partial charge in [0.15, 0.2) is 5.78 Å². The Hall–Kier alpha value is -1.29. The Morgan fingerprint density at radius 1 is 1.50 bits per heavy atom. The number of rotatable bonds is 3. The van der Waals surface area contributed by atoms with Crippen molar-refractivity contribution in [3.63, 3.8) is 0 Å². The molecule has 0 amide bonds. The number of Topliss-reactive ketones (excluding diaryl/α,β-unsaturated/α-hetero) is 1. The van der Waals surface area contributed by atoms with Crippen molar-refractivity contribution in [2.45, 2.75) is 13.3 Å². The Bertz CT molecular complexity index is 285. The van der Waals surface area contributed by atoms with Crippen molar-refractivity contribution in [3.8, 4) is 0 Å². The fraction of sp³-hybridized carbons (Fsp3) is 0.375. The predicted molar refractivity (Wildman–Crippen MR) is 44.8 cm³/mol. The van der Waals surface area contributed by atoms with E-state index in [9.17, 15) is 4.79 Å². The summed E-state index contributed by atoms with van der Waals surface area (Å²) in [5.74, 6) is -0.0388. The van der Waals surface area contributed by atoms with Gasteiger partial charge in [-0.15, -0.1) is 0 Å². The molecule has 0 fully saturated rings. The minimum absolute atomic E-state index is 0.0388. The molecule has 0 bridgehead atoms. The van der Waals surface area contributed by atoms with Crippen LogP contribution in [0.25, 0.3) is 0 Å². The first-order valence-electron chi connectivity index (χ1n) is 3.76. The SMILES string of the molecule is Cc1nccnc1C(=O)CCN. The van der Waals surface area contributed by atoms with E-state index in [4.69, 9.17) is 5.73 Å². The van der Waals surface area contributed by atoms with Crippen LogP contribution in [0.1, 0.15) is 22.6 Å². The summed E-state index contributed by atoms with van der Waals surface area (Å²) in [7, 11) is 0. The molecular weight excluding hydrogens is 154 g/mol. The number of aromatic nitrogens is 2. The van der Waals surface area contributed by atoms with Crippen LogP contribution in [-0.2, 0) is 0 Å². The summed E-state index contributed by atoms with van der Waals surface area (Å²) in [6.45, 7) is 2.12. The van der Waals surface area contributed by atoms with Crippen molar-refractivity contribution in [1.29, 1.82) is 0 Å². The Balaban J connectivity index is 2.87. The second-order valence-electron chi connectivity index (χ2n) is 2.45. The molecular formula is C8H11N3O. The van der Waals surface area contributed by atoms with E-state index in [1.54, 1.807) is 13.1 Å². The third-order valence-electron chi connectivity index (χ3n) is 1.52. The molecule has 64 valence electrons. The Labute approximate surface area is 70.8 Å². The van der Waals surface area contributed by atoms with Gasteiger partial charge in [0, 0.05) is 18.8 Å². The van der Waals surface area contributed by atoms with E-state index in [2.05, 4.69) is 9.97 Å². The molecule has 0 aliphatic heterocycles. The van der Waals surface area contributed by atoms with Gasteiger partial charge < -0.3 is 5.73 Å². The third-order valence-corrected chi connectivity index (χ3v) is 1.52. The molecule has 0 aliphatic carbocycles. The van der Waals surface area contributed by atoms with E-state index < -0.39 is 0 Å². The van der Waals surface area contributed by atoms with Crippen molar-refractivity contribution < 1.29 is 4.79 Å². The number of nitrogens with two attached hydrogens (primary N) is 1. The molecule has 0 spiro atoms. The van der Waals surface area contributed by atoms with Gasteiger partial charge in [-0.2, -0.15) is 0 Å². The maximum atomic E-state index is 11.3. The number of ketones is 1. The van der Waals surface area contributed by atoms with Crippen LogP contribution in [0.4, 0.5) is 0 Å². The molecule has 4 heteroatoms. The molecule has 1 heterocycles. The second-order valence-corrected chi connectivity index (χ2v) is 2.45. The van der Waals surface area contributed by atoms with Crippen LogP contribution in [-0.4, -0.2) is 22.3 Å². The van der Waals surface area contributed by atoms with E-state index in [0.717, 1.165) is 0 Å². The highest BCUT2D eigenvalue weighted by Crippen LogP contribution is 2.02. The molecule has 0 aromatic carbocycles. The van der Waals surface area contributed by atoms with Crippen LogP contribution in [0, 0.1) is 6.92 Å². The molecule has 0 saturated heterocycles. The van der Waals surface area contributed by atoms with Crippen LogP contribution in [0.5, 0.6) is 0 Å². The molecule has 2 N–H and O–H groups in total. The summed E-state index contributed by atoms with van der Waals surface area (Å²) in [6.07, 6.45) is 3.41. The number of aryl methyl sites for hydroxylation is 1. The summed E-state index contributed by atoms with van der Waals surface area (Å²) >= 11 is 0. The number of carbonyl (C=O) groups is 1. The molecule has 0 radical (unpaired) electrons. The van der Waals surface area contributed by atoms with Gasteiger partial charge in [-0.3, -0.25) is 9.78 Å². The molecule has 0 aliphatic rings. The minimum atomic E-state index is -0.0388. The average Bonchev–Trinajstić information content (AvgIpc) is 2.05. The summed E-state index contributed by atoms with van der Waals surface area (Å²) in [6, 6.07) is 0. The lowest BCUT2D eigenvalue weighted by Gasteiger charge is -1.99. The predicted octanol–water partition coefficient (Wildman–Crippen LogP) is 0.317. The molecule has 12 heavy (non-hydrogen) atoms. The van der Waals surface area contributed by atoms with E-state index in [-0.39, 0.29) is 5.78 Å². The molecule has 4 nitrogen and oxygen atoms in total. The molecule has 1 aromatic rings. The van der Waals surface area contributed by atoms with E-state index >= 15 is 0 Å². The van der Waals surface area contributed by atoms with E-state index in [1.807, 2.05) is 0 Å². The third kappa shape index (κ3) is 1.85. The monoisotopic (exact) mass is 165 g/mol. The van der Waals surface area contributed by atoms with Crippen LogP contribution in [0.3, 0.4) is 0 Å². The van der Waals surface area contributed by atoms with Gasteiger partial charge in [0.2, 0.25) is 0 Å². The molecule has 0 unspecified atom stereocenters. The number of hydrogen-bond donors (Lipinski definition) is 1. The van der Waals surface area contributed by atoms with E-state index in [1.165, 1.54) is 6.20 Å². The lowest BCUT2D eigenvalue weighted by Crippen LogP contribution is -2.11. The van der Waals surface area contributed by atoms with Crippen molar-refractivity contribution in [2.75, 3.05) is 6.54 Å². The zero-order chi connectivity index (χ0) is 8.97. The molecule has 0 saturated carbocycles. The highest BCUT2D eigenvalue weighted by molar-refractivity contribution is 5.95. The van der Waals surface area contributed by atoms with Crippen LogP contribution < -0.4 is 5.73 Å². The number of nitrogens with zero attached hydrogens (tertiary/aromatic N) is 2. The quantitative estimate of drug-likeness (QED) is 0.655.